The maximum absolute atomic E-state index is 14.1. The number of halogens is 2. The monoisotopic (exact) mass is 432 g/mol. The maximum Gasteiger partial charge on any atom is 0.410 e. The van der Waals surface area contributed by atoms with Crippen LogP contribution in [-0.2, 0) is 4.74 Å². The zero-order valence-corrected chi connectivity index (χ0v) is 16.5. The van der Waals surface area contributed by atoms with Gasteiger partial charge < -0.3 is 14.4 Å². The second-order valence-corrected chi connectivity index (χ2v) is 8.10. The number of ether oxygens (including phenoxy) is 2. The second-order valence-electron chi connectivity index (χ2n) is 7.24. The third kappa shape index (κ3) is 5.55. The molecule has 0 bridgehead atoms. The van der Waals surface area contributed by atoms with Crippen LogP contribution in [0.15, 0.2) is 16.6 Å². The number of rotatable bonds is 4. The average Bonchev–Trinajstić information content (AvgIpc) is 2.52. The zero-order valence-electron chi connectivity index (χ0n) is 15.0. The summed E-state index contributed by atoms with van der Waals surface area (Å²) in [6.45, 7) is 6.70. The van der Waals surface area contributed by atoms with Crippen molar-refractivity contribution >= 4 is 27.7 Å². The molecule has 0 N–H and O–H groups in total. The van der Waals surface area contributed by atoms with Crippen LogP contribution < -0.4 is 4.74 Å². The number of nitro groups is 1. The lowest BCUT2D eigenvalue weighted by Crippen LogP contribution is -2.44. The fourth-order valence-corrected chi connectivity index (χ4v) is 3.22. The topological polar surface area (TPSA) is 81.9 Å². The summed E-state index contributed by atoms with van der Waals surface area (Å²) < 4.78 is 25.2. The molecule has 1 amide bonds. The Labute approximate surface area is 159 Å². The Morgan fingerprint density at radius 1 is 1.46 bits per heavy atom. The molecular formula is C17H22BrFN2O5. The van der Waals surface area contributed by atoms with Gasteiger partial charge in [-0.25, -0.2) is 9.18 Å². The van der Waals surface area contributed by atoms with E-state index in [2.05, 4.69) is 15.9 Å². The van der Waals surface area contributed by atoms with Gasteiger partial charge in [-0.15, -0.1) is 0 Å². The average molecular weight is 433 g/mol. The van der Waals surface area contributed by atoms with Crippen LogP contribution in [0.1, 0.15) is 33.6 Å². The summed E-state index contributed by atoms with van der Waals surface area (Å²) in [6.07, 6.45) is 1.27. The van der Waals surface area contributed by atoms with Gasteiger partial charge >= 0.3 is 6.09 Å². The highest BCUT2D eigenvalue weighted by Gasteiger charge is 2.28. The zero-order chi connectivity index (χ0) is 19.5. The highest BCUT2D eigenvalue weighted by Crippen LogP contribution is 2.33. The first kappa shape index (κ1) is 20.4. The molecule has 0 aliphatic carbocycles. The van der Waals surface area contributed by atoms with Crippen LogP contribution in [0.3, 0.4) is 0 Å². The molecule has 1 aliphatic heterocycles. The van der Waals surface area contributed by atoms with Gasteiger partial charge in [-0.3, -0.25) is 10.1 Å². The number of amides is 1. The smallest absolute Gasteiger partial charge is 0.410 e. The maximum atomic E-state index is 14.1. The predicted molar refractivity (Wildman–Crippen MR) is 96.8 cm³/mol. The third-order valence-electron chi connectivity index (χ3n) is 3.83. The number of hydrogen-bond donors (Lipinski definition) is 0. The van der Waals surface area contributed by atoms with Gasteiger partial charge in [0, 0.05) is 25.1 Å². The molecule has 9 heteroatoms. The predicted octanol–water partition coefficient (Wildman–Crippen LogP) is 4.52. The number of nitro benzene ring substituents is 1. The molecule has 7 nitrogen and oxygen atoms in total. The number of carbonyl (C=O) groups excluding carboxylic acids is 1. The molecule has 144 valence electrons. The largest absolute Gasteiger partial charge is 0.489 e. The van der Waals surface area contributed by atoms with Crippen LogP contribution in [0.2, 0.25) is 0 Å². The van der Waals surface area contributed by atoms with Crippen molar-refractivity contribution in [2.75, 3.05) is 19.7 Å². The molecule has 0 saturated carbocycles. The van der Waals surface area contributed by atoms with E-state index in [-0.39, 0.29) is 34.5 Å². The Hall–Kier alpha value is -1.90. The van der Waals surface area contributed by atoms with Gasteiger partial charge in [0.25, 0.3) is 5.69 Å². The Balaban J connectivity index is 1.97. The number of hydrogen-bond acceptors (Lipinski definition) is 5. The normalized spacial score (nSPS) is 17.7. The third-order valence-corrected chi connectivity index (χ3v) is 4.42. The lowest BCUT2D eigenvalue weighted by atomic mass is 9.99. The van der Waals surface area contributed by atoms with Crippen LogP contribution >= 0.6 is 15.9 Å². The van der Waals surface area contributed by atoms with Gasteiger partial charge in [-0.2, -0.15) is 0 Å². The van der Waals surface area contributed by atoms with Crippen molar-refractivity contribution < 1.29 is 23.6 Å². The molecule has 1 unspecified atom stereocenters. The molecule has 1 aromatic carbocycles. The quantitative estimate of drug-likeness (QED) is 0.515. The summed E-state index contributed by atoms with van der Waals surface area (Å²) in [7, 11) is 0. The van der Waals surface area contributed by atoms with E-state index in [0.717, 1.165) is 18.9 Å². The molecular weight excluding hydrogens is 411 g/mol. The van der Waals surface area contributed by atoms with Crippen molar-refractivity contribution in [3.05, 3.63) is 32.5 Å². The van der Waals surface area contributed by atoms with Crippen LogP contribution in [0, 0.1) is 21.8 Å². The van der Waals surface area contributed by atoms with Crippen LogP contribution in [0.4, 0.5) is 14.9 Å². The van der Waals surface area contributed by atoms with Crippen LogP contribution in [0.25, 0.3) is 0 Å². The summed E-state index contributed by atoms with van der Waals surface area (Å²) in [5, 5.41) is 10.7. The van der Waals surface area contributed by atoms with Gasteiger partial charge in [-0.1, -0.05) is 0 Å². The van der Waals surface area contributed by atoms with Crippen molar-refractivity contribution in [3.63, 3.8) is 0 Å². The fraction of sp³-hybridized carbons (Fsp3) is 0.588. The van der Waals surface area contributed by atoms with E-state index in [9.17, 15) is 19.3 Å². The number of piperidine rings is 1. The van der Waals surface area contributed by atoms with E-state index in [0.29, 0.717) is 13.1 Å². The standard InChI is InChI=1S/C17H22BrFN2O5/c1-17(2,3)26-16(22)20-6-4-5-11(9-20)10-25-15-13(18)7-12(21(23)24)8-14(15)19/h7-8,11H,4-6,9-10H2,1-3H3. The molecule has 0 spiro atoms. The fourth-order valence-electron chi connectivity index (χ4n) is 2.68. The minimum atomic E-state index is -0.800. The Bertz CT molecular complexity index is 669. The van der Waals surface area contributed by atoms with Crippen molar-refractivity contribution in [2.24, 2.45) is 5.92 Å². The summed E-state index contributed by atoms with van der Waals surface area (Å²) in [6, 6.07) is 2.03. The Morgan fingerprint density at radius 2 is 2.15 bits per heavy atom. The van der Waals surface area contributed by atoms with E-state index < -0.39 is 16.3 Å². The second kappa shape index (κ2) is 8.20. The molecule has 1 heterocycles. The summed E-state index contributed by atoms with van der Waals surface area (Å²) >= 11 is 3.11. The minimum Gasteiger partial charge on any atom is -0.489 e. The van der Waals surface area contributed by atoms with Gasteiger partial charge in [-0.05, 0) is 49.5 Å². The van der Waals surface area contributed by atoms with Crippen molar-refractivity contribution in [3.8, 4) is 5.75 Å². The first-order valence-electron chi connectivity index (χ1n) is 8.31. The SMILES string of the molecule is CC(C)(C)OC(=O)N1CCCC(COc2c(F)cc([N+](=O)[O-])cc2Br)C1. The molecule has 1 fully saturated rings. The minimum absolute atomic E-state index is 0.0257. The lowest BCUT2D eigenvalue weighted by Gasteiger charge is -2.34. The highest BCUT2D eigenvalue weighted by atomic mass is 79.9. The van der Waals surface area contributed by atoms with Gasteiger partial charge in [0.05, 0.1) is 22.1 Å². The van der Waals surface area contributed by atoms with Gasteiger partial charge in [0.15, 0.2) is 11.6 Å². The summed E-state index contributed by atoms with van der Waals surface area (Å²) in [5.41, 5.74) is -0.914. The summed E-state index contributed by atoms with van der Waals surface area (Å²) in [4.78, 5) is 23.9. The summed E-state index contributed by atoms with van der Waals surface area (Å²) in [5.74, 6) is -0.839. The van der Waals surface area contributed by atoms with Gasteiger partial charge in [0.2, 0.25) is 0 Å². The molecule has 0 radical (unpaired) electrons. The number of benzene rings is 1. The number of nitrogens with zero attached hydrogens (tertiary/aromatic N) is 2. The molecule has 1 atom stereocenters. The molecule has 26 heavy (non-hydrogen) atoms. The number of carbonyl (C=O) groups is 1. The number of likely N-dealkylation sites (tertiary alicyclic amines) is 1. The van der Waals surface area contributed by atoms with E-state index in [1.54, 1.807) is 4.90 Å². The highest BCUT2D eigenvalue weighted by molar-refractivity contribution is 9.10. The van der Waals surface area contributed by atoms with Gasteiger partial charge in [0.1, 0.15) is 5.60 Å². The number of non-ortho nitro benzene ring substituents is 1. The first-order chi connectivity index (χ1) is 12.1. The van der Waals surface area contributed by atoms with E-state index >= 15 is 0 Å². The van der Waals surface area contributed by atoms with Crippen molar-refractivity contribution in [1.82, 2.24) is 4.90 Å². The molecule has 1 aromatic rings. The van der Waals surface area contributed by atoms with Crippen molar-refractivity contribution in [2.45, 2.75) is 39.2 Å². The molecule has 2 rings (SSSR count). The molecule has 0 aromatic heterocycles. The van der Waals surface area contributed by atoms with Crippen LogP contribution in [-0.4, -0.2) is 41.2 Å². The van der Waals surface area contributed by atoms with Crippen LogP contribution in [0.5, 0.6) is 5.75 Å². The molecule has 1 saturated heterocycles. The Kier molecular flexibility index (Phi) is 6.44. The first-order valence-corrected chi connectivity index (χ1v) is 9.10. The van der Waals surface area contributed by atoms with E-state index in [1.807, 2.05) is 20.8 Å². The Morgan fingerprint density at radius 3 is 2.73 bits per heavy atom. The molecule has 1 aliphatic rings. The lowest BCUT2D eigenvalue weighted by molar-refractivity contribution is -0.385. The van der Waals surface area contributed by atoms with E-state index in [1.165, 1.54) is 6.07 Å². The van der Waals surface area contributed by atoms with E-state index in [4.69, 9.17) is 9.47 Å². The van der Waals surface area contributed by atoms with Crippen molar-refractivity contribution in [1.29, 1.82) is 0 Å².